The van der Waals surface area contributed by atoms with Gasteiger partial charge in [0, 0.05) is 19.0 Å². The van der Waals surface area contributed by atoms with Gasteiger partial charge in [-0.15, -0.1) is 0 Å². The molecule has 1 N–H and O–H groups in total. The summed E-state index contributed by atoms with van der Waals surface area (Å²) in [5.41, 5.74) is 0.400. The number of nitrogens with zero attached hydrogens (tertiary/aromatic N) is 3. The predicted octanol–water partition coefficient (Wildman–Crippen LogP) is 5.30. The number of allylic oxidation sites excluding steroid dienone is 2. The topological polar surface area (TPSA) is 88.7 Å². The Balaban J connectivity index is 1.43. The van der Waals surface area contributed by atoms with E-state index >= 15 is 0 Å². The van der Waals surface area contributed by atoms with Crippen molar-refractivity contribution in [2.24, 2.45) is 5.92 Å². The van der Waals surface area contributed by atoms with Crippen molar-refractivity contribution in [2.45, 2.75) is 57.2 Å². The maximum atomic E-state index is 13.0. The summed E-state index contributed by atoms with van der Waals surface area (Å²) in [6.45, 7) is 3.83. The average Bonchev–Trinajstić information content (AvgIpc) is 3.54. The van der Waals surface area contributed by atoms with Crippen molar-refractivity contribution in [3.05, 3.63) is 59.5 Å². The van der Waals surface area contributed by atoms with E-state index in [1.165, 1.54) is 26.0 Å². The van der Waals surface area contributed by atoms with Gasteiger partial charge < -0.3 is 19.3 Å². The molecule has 1 aromatic carbocycles. The number of aliphatic carboxylic acids is 1. The molecule has 1 aromatic heterocycles. The first-order chi connectivity index (χ1) is 16.5. The van der Waals surface area contributed by atoms with Crippen LogP contribution < -0.4 is 9.64 Å². The van der Waals surface area contributed by atoms with E-state index in [0.717, 1.165) is 24.0 Å². The minimum Gasteiger partial charge on any atom is -0.478 e. The SMILES string of the molecule is CC(C)(Oc1ccc(CCN(CC2=CCC(C(F)(F)F)C=C2)c2noc(C3CC3)n2)cc1)C(=O)O. The van der Waals surface area contributed by atoms with E-state index in [4.69, 9.17) is 9.26 Å². The van der Waals surface area contributed by atoms with Gasteiger partial charge in [-0.25, -0.2) is 4.79 Å². The number of carboxylic acid groups (broad SMARTS) is 1. The molecule has 2 aliphatic carbocycles. The first-order valence-electron chi connectivity index (χ1n) is 11.5. The molecular weight excluding hydrogens is 463 g/mol. The number of ether oxygens (including phenoxy) is 1. The number of alkyl halides is 3. The molecule has 35 heavy (non-hydrogen) atoms. The Morgan fingerprint density at radius 2 is 1.94 bits per heavy atom. The Morgan fingerprint density at radius 1 is 1.23 bits per heavy atom. The standard InChI is InChI=1S/C25H28F3N3O4/c1-24(2,22(32)33)34-20-11-5-16(6-12-20)13-14-31(23-29-21(35-30-23)18-7-8-18)15-17-3-9-19(10-4-17)25(26,27)28/h3-6,9,11-12,18-19H,7-8,10,13-15H2,1-2H3,(H,32,33). The largest absolute Gasteiger partial charge is 0.478 e. The summed E-state index contributed by atoms with van der Waals surface area (Å²) < 4.78 is 49.9. The second kappa shape index (κ2) is 9.75. The quantitative estimate of drug-likeness (QED) is 0.482. The van der Waals surface area contributed by atoms with Gasteiger partial charge in [0.1, 0.15) is 5.75 Å². The summed E-state index contributed by atoms with van der Waals surface area (Å²) in [7, 11) is 0. The van der Waals surface area contributed by atoms with Crippen molar-refractivity contribution in [1.82, 2.24) is 10.1 Å². The highest BCUT2D eigenvalue weighted by Gasteiger charge is 2.38. The van der Waals surface area contributed by atoms with Crippen LogP contribution in [0.25, 0.3) is 0 Å². The van der Waals surface area contributed by atoms with Crippen LogP contribution in [0.15, 0.2) is 52.6 Å². The van der Waals surface area contributed by atoms with Crippen LogP contribution in [0, 0.1) is 5.92 Å². The van der Waals surface area contributed by atoms with Gasteiger partial charge in [0.05, 0.1) is 5.92 Å². The van der Waals surface area contributed by atoms with Gasteiger partial charge in [0.25, 0.3) is 5.95 Å². The summed E-state index contributed by atoms with van der Waals surface area (Å²) in [5, 5.41) is 13.3. The molecule has 4 rings (SSSR count). The second-order valence-electron chi connectivity index (χ2n) is 9.46. The van der Waals surface area contributed by atoms with E-state index in [2.05, 4.69) is 10.1 Å². The maximum Gasteiger partial charge on any atom is 0.395 e. The molecule has 1 heterocycles. The van der Waals surface area contributed by atoms with E-state index in [9.17, 15) is 23.1 Å². The second-order valence-corrected chi connectivity index (χ2v) is 9.46. The molecule has 10 heteroatoms. The maximum absolute atomic E-state index is 13.0. The first kappa shape index (κ1) is 24.8. The average molecular weight is 492 g/mol. The first-order valence-corrected chi connectivity index (χ1v) is 11.5. The normalized spacial score (nSPS) is 18.3. The lowest BCUT2D eigenvalue weighted by Gasteiger charge is -2.24. The van der Waals surface area contributed by atoms with Gasteiger partial charge in [-0.2, -0.15) is 18.2 Å². The van der Waals surface area contributed by atoms with Crippen molar-refractivity contribution in [3.63, 3.8) is 0 Å². The number of carboxylic acids is 1. The lowest BCUT2D eigenvalue weighted by atomic mass is 9.96. The van der Waals surface area contributed by atoms with Crippen LogP contribution in [0.5, 0.6) is 5.75 Å². The van der Waals surface area contributed by atoms with Crippen molar-refractivity contribution < 1.29 is 32.3 Å². The van der Waals surface area contributed by atoms with Crippen molar-refractivity contribution >= 4 is 11.9 Å². The van der Waals surface area contributed by atoms with Crippen molar-refractivity contribution in [3.8, 4) is 5.75 Å². The van der Waals surface area contributed by atoms with E-state index in [-0.39, 0.29) is 6.42 Å². The molecule has 2 aromatic rings. The molecular formula is C25H28F3N3O4. The fraction of sp³-hybridized carbons (Fsp3) is 0.480. The Hall–Kier alpha value is -3.30. The third-order valence-corrected chi connectivity index (χ3v) is 6.09. The van der Waals surface area contributed by atoms with E-state index < -0.39 is 23.7 Å². The van der Waals surface area contributed by atoms with Gasteiger partial charge >= 0.3 is 12.1 Å². The van der Waals surface area contributed by atoms with Crippen LogP contribution in [0.4, 0.5) is 19.1 Å². The van der Waals surface area contributed by atoms with E-state index in [1.807, 2.05) is 17.0 Å². The summed E-state index contributed by atoms with van der Waals surface area (Å²) in [5.74, 6) is -0.766. The van der Waals surface area contributed by atoms with Gasteiger partial charge in [0.2, 0.25) is 5.89 Å². The van der Waals surface area contributed by atoms with Crippen LogP contribution >= 0.6 is 0 Å². The van der Waals surface area contributed by atoms with Crippen molar-refractivity contribution in [1.29, 1.82) is 0 Å². The minimum atomic E-state index is -4.25. The molecule has 1 atom stereocenters. The van der Waals surface area contributed by atoms with E-state index in [1.54, 1.807) is 18.2 Å². The molecule has 7 nitrogen and oxygen atoms in total. The number of halogens is 3. The lowest BCUT2D eigenvalue weighted by Crippen LogP contribution is -2.37. The zero-order valence-corrected chi connectivity index (χ0v) is 19.6. The minimum absolute atomic E-state index is 0.0864. The molecule has 0 amide bonds. The highest BCUT2D eigenvalue weighted by atomic mass is 19.4. The van der Waals surface area contributed by atoms with Gasteiger partial charge in [-0.1, -0.05) is 30.4 Å². The molecule has 1 saturated carbocycles. The molecule has 188 valence electrons. The summed E-state index contributed by atoms with van der Waals surface area (Å²) in [6, 6.07) is 7.14. The van der Waals surface area contributed by atoms with Crippen LogP contribution in [-0.2, 0) is 11.2 Å². The van der Waals surface area contributed by atoms with Crippen LogP contribution in [0.2, 0.25) is 0 Å². The molecule has 0 radical (unpaired) electrons. The molecule has 1 unspecified atom stereocenters. The number of benzene rings is 1. The van der Waals surface area contributed by atoms with Crippen LogP contribution in [-0.4, -0.2) is 46.1 Å². The Labute approximate surface area is 201 Å². The Kier molecular flexibility index (Phi) is 6.91. The molecule has 2 aliphatic rings. The highest BCUT2D eigenvalue weighted by Crippen LogP contribution is 2.39. The summed E-state index contributed by atoms with van der Waals surface area (Å²) in [6.07, 6.45) is 2.64. The summed E-state index contributed by atoms with van der Waals surface area (Å²) >= 11 is 0. The third-order valence-electron chi connectivity index (χ3n) is 6.09. The summed E-state index contributed by atoms with van der Waals surface area (Å²) in [4.78, 5) is 17.7. The number of aromatic nitrogens is 2. The molecule has 0 spiro atoms. The van der Waals surface area contributed by atoms with Crippen molar-refractivity contribution in [2.75, 3.05) is 18.0 Å². The van der Waals surface area contributed by atoms with Gasteiger partial charge in [0.15, 0.2) is 5.60 Å². The zero-order chi connectivity index (χ0) is 25.2. The van der Waals surface area contributed by atoms with Gasteiger partial charge in [-0.05, 0) is 68.0 Å². The molecule has 0 saturated heterocycles. The fourth-order valence-corrected chi connectivity index (χ4v) is 3.67. The van der Waals surface area contributed by atoms with Crippen LogP contribution in [0.1, 0.15) is 50.5 Å². The lowest BCUT2D eigenvalue weighted by molar-refractivity contribution is -0.160. The molecule has 0 aliphatic heterocycles. The third kappa shape index (κ3) is 6.43. The Morgan fingerprint density at radius 3 is 2.51 bits per heavy atom. The number of rotatable bonds is 10. The van der Waals surface area contributed by atoms with Gasteiger partial charge in [-0.3, -0.25) is 0 Å². The smallest absolute Gasteiger partial charge is 0.395 e. The number of hydrogen-bond donors (Lipinski definition) is 1. The molecule has 1 fully saturated rings. The van der Waals surface area contributed by atoms with Crippen LogP contribution in [0.3, 0.4) is 0 Å². The number of hydrogen-bond acceptors (Lipinski definition) is 6. The molecule has 0 bridgehead atoms. The number of carbonyl (C=O) groups is 1. The highest BCUT2D eigenvalue weighted by molar-refractivity contribution is 5.76. The fourth-order valence-electron chi connectivity index (χ4n) is 3.67. The predicted molar refractivity (Wildman–Crippen MR) is 122 cm³/mol. The van der Waals surface area contributed by atoms with E-state index in [0.29, 0.717) is 43.0 Å². The Bertz CT molecular complexity index is 1100. The number of anilines is 1. The monoisotopic (exact) mass is 491 g/mol. The zero-order valence-electron chi connectivity index (χ0n) is 19.6.